The maximum atomic E-state index is 11.3. The lowest BCUT2D eigenvalue weighted by Gasteiger charge is -2.07. The van der Waals surface area contributed by atoms with Gasteiger partial charge in [-0.2, -0.15) is 0 Å². The second-order valence-electron chi connectivity index (χ2n) is 3.00. The van der Waals surface area contributed by atoms with E-state index >= 15 is 0 Å². The van der Waals surface area contributed by atoms with Crippen molar-refractivity contribution >= 4 is 23.0 Å². The van der Waals surface area contributed by atoms with E-state index in [9.17, 15) is 4.79 Å². The summed E-state index contributed by atoms with van der Waals surface area (Å²) in [5.74, 6) is -0.0244. The Balaban J connectivity index is 3.43. The van der Waals surface area contributed by atoms with E-state index < -0.39 is 0 Å². The van der Waals surface area contributed by atoms with Crippen molar-refractivity contribution in [3.63, 3.8) is 0 Å². The molecule has 1 rings (SSSR count). The van der Waals surface area contributed by atoms with Crippen LogP contribution in [0.15, 0.2) is 24.8 Å². The average molecular weight is 195 g/mol. The summed E-state index contributed by atoms with van der Waals surface area (Å²) in [6, 6.07) is 5.38. The van der Waals surface area contributed by atoms with Gasteiger partial charge in [-0.15, -0.1) is 0 Å². The van der Waals surface area contributed by atoms with Gasteiger partial charge in [0.1, 0.15) is 0 Å². The zero-order valence-corrected chi connectivity index (χ0v) is 8.48. The summed E-state index contributed by atoms with van der Waals surface area (Å²) in [7, 11) is 0. The Kier molecular flexibility index (Phi) is 2.89. The predicted octanol–water partition coefficient (Wildman–Crippen LogP) is 3.58. The highest BCUT2D eigenvalue weighted by Gasteiger charge is 2.10. The van der Waals surface area contributed by atoms with E-state index in [-0.39, 0.29) is 5.78 Å². The SMILES string of the molecule is C=C(C)c1cccc(Cl)c1C(C)=O. The van der Waals surface area contributed by atoms with E-state index in [0.717, 1.165) is 11.1 Å². The molecule has 0 atom stereocenters. The summed E-state index contributed by atoms with van der Waals surface area (Å²) in [4.78, 5) is 11.3. The van der Waals surface area contributed by atoms with Crippen molar-refractivity contribution in [3.8, 4) is 0 Å². The van der Waals surface area contributed by atoms with Crippen molar-refractivity contribution in [2.24, 2.45) is 0 Å². The molecule has 0 heterocycles. The molecule has 0 bridgehead atoms. The highest BCUT2D eigenvalue weighted by atomic mass is 35.5. The van der Waals surface area contributed by atoms with Crippen molar-refractivity contribution in [2.45, 2.75) is 13.8 Å². The Labute approximate surface area is 83.0 Å². The smallest absolute Gasteiger partial charge is 0.161 e. The number of carbonyl (C=O) groups excluding carboxylic acids is 1. The molecule has 0 unspecified atom stereocenters. The highest BCUT2D eigenvalue weighted by molar-refractivity contribution is 6.34. The molecule has 0 saturated heterocycles. The number of carbonyl (C=O) groups is 1. The van der Waals surface area contributed by atoms with E-state index in [1.54, 1.807) is 6.07 Å². The molecule has 0 aliphatic rings. The molecule has 0 aliphatic heterocycles. The Morgan fingerprint density at radius 2 is 2.00 bits per heavy atom. The maximum Gasteiger partial charge on any atom is 0.161 e. The van der Waals surface area contributed by atoms with E-state index in [2.05, 4.69) is 6.58 Å². The molecule has 0 amide bonds. The van der Waals surface area contributed by atoms with Gasteiger partial charge in [-0.3, -0.25) is 4.79 Å². The maximum absolute atomic E-state index is 11.3. The van der Waals surface area contributed by atoms with Crippen molar-refractivity contribution in [2.75, 3.05) is 0 Å². The molecule has 0 spiro atoms. The lowest BCUT2D eigenvalue weighted by atomic mass is 9.99. The van der Waals surface area contributed by atoms with Crippen LogP contribution in [0.2, 0.25) is 5.02 Å². The molecular weight excluding hydrogens is 184 g/mol. The van der Waals surface area contributed by atoms with Gasteiger partial charge in [0.25, 0.3) is 0 Å². The molecule has 0 fully saturated rings. The Hall–Kier alpha value is -1.08. The number of ketones is 1. The molecule has 68 valence electrons. The van der Waals surface area contributed by atoms with Gasteiger partial charge < -0.3 is 0 Å². The monoisotopic (exact) mass is 194 g/mol. The van der Waals surface area contributed by atoms with Gasteiger partial charge >= 0.3 is 0 Å². The Morgan fingerprint density at radius 1 is 1.38 bits per heavy atom. The minimum atomic E-state index is -0.0244. The number of rotatable bonds is 2. The molecule has 1 aromatic rings. The van der Waals surface area contributed by atoms with E-state index in [1.165, 1.54) is 6.92 Å². The van der Waals surface area contributed by atoms with Gasteiger partial charge in [-0.05, 0) is 25.5 Å². The first-order chi connectivity index (χ1) is 6.04. The van der Waals surface area contributed by atoms with Crippen LogP contribution >= 0.6 is 11.6 Å². The number of halogens is 1. The van der Waals surface area contributed by atoms with Gasteiger partial charge in [0.05, 0.1) is 5.02 Å². The van der Waals surface area contributed by atoms with Crippen LogP contribution in [0.5, 0.6) is 0 Å². The Morgan fingerprint density at radius 3 is 2.38 bits per heavy atom. The molecule has 0 saturated carbocycles. The van der Waals surface area contributed by atoms with Gasteiger partial charge in [0.15, 0.2) is 5.78 Å². The van der Waals surface area contributed by atoms with Gasteiger partial charge in [0, 0.05) is 5.56 Å². The average Bonchev–Trinajstić information content (AvgIpc) is 2.02. The molecular formula is C11H11ClO. The second kappa shape index (κ2) is 3.75. The highest BCUT2D eigenvalue weighted by Crippen LogP contribution is 2.24. The van der Waals surface area contributed by atoms with Crippen LogP contribution in [0.1, 0.15) is 29.8 Å². The summed E-state index contributed by atoms with van der Waals surface area (Å²) >= 11 is 5.91. The van der Waals surface area contributed by atoms with Crippen LogP contribution < -0.4 is 0 Å². The normalized spacial score (nSPS) is 9.77. The zero-order valence-electron chi connectivity index (χ0n) is 7.73. The van der Waals surface area contributed by atoms with Crippen LogP contribution in [-0.4, -0.2) is 5.78 Å². The first kappa shape index (κ1) is 10.0. The topological polar surface area (TPSA) is 17.1 Å². The van der Waals surface area contributed by atoms with Crippen LogP contribution in [0.25, 0.3) is 5.57 Å². The minimum absolute atomic E-state index is 0.0244. The zero-order chi connectivity index (χ0) is 10.0. The van der Waals surface area contributed by atoms with E-state index in [0.29, 0.717) is 10.6 Å². The fourth-order valence-corrected chi connectivity index (χ4v) is 1.55. The number of Topliss-reactive ketones (excluding diaryl/α,β-unsaturated/α-hetero) is 1. The standard InChI is InChI=1S/C11H11ClO/c1-7(2)9-5-4-6-10(12)11(9)8(3)13/h4-6H,1H2,2-3H3. The van der Waals surface area contributed by atoms with Crippen LogP contribution in [0.3, 0.4) is 0 Å². The molecule has 0 N–H and O–H groups in total. The lowest BCUT2D eigenvalue weighted by Crippen LogP contribution is -1.98. The van der Waals surface area contributed by atoms with Crippen molar-refractivity contribution < 1.29 is 4.79 Å². The number of hydrogen-bond acceptors (Lipinski definition) is 1. The molecule has 0 radical (unpaired) electrons. The summed E-state index contributed by atoms with van der Waals surface area (Å²) in [6.45, 7) is 7.17. The van der Waals surface area contributed by atoms with Gasteiger partial charge in [-0.1, -0.05) is 35.9 Å². The summed E-state index contributed by atoms with van der Waals surface area (Å²) in [5.41, 5.74) is 2.25. The fraction of sp³-hybridized carbons (Fsp3) is 0.182. The quantitative estimate of drug-likeness (QED) is 0.658. The second-order valence-corrected chi connectivity index (χ2v) is 3.41. The number of benzene rings is 1. The van der Waals surface area contributed by atoms with Crippen LogP contribution in [0, 0.1) is 0 Å². The largest absolute Gasteiger partial charge is 0.294 e. The third kappa shape index (κ3) is 1.99. The molecule has 0 aliphatic carbocycles. The molecule has 1 nitrogen and oxygen atoms in total. The van der Waals surface area contributed by atoms with E-state index in [4.69, 9.17) is 11.6 Å². The predicted molar refractivity (Wildman–Crippen MR) is 56.2 cm³/mol. The van der Waals surface area contributed by atoms with Gasteiger partial charge in [-0.25, -0.2) is 0 Å². The molecule has 1 aromatic carbocycles. The summed E-state index contributed by atoms with van der Waals surface area (Å²) in [5, 5.41) is 0.494. The number of allylic oxidation sites excluding steroid dienone is 1. The molecule has 0 aromatic heterocycles. The van der Waals surface area contributed by atoms with Crippen molar-refractivity contribution in [1.82, 2.24) is 0 Å². The van der Waals surface area contributed by atoms with E-state index in [1.807, 2.05) is 19.1 Å². The van der Waals surface area contributed by atoms with Crippen LogP contribution in [-0.2, 0) is 0 Å². The summed E-state index contributed by atoms with van der Waals surface area (Å²) in [6.07, 6.45) is 0. The lowest BCUT2D eigenvalue weighted by molar-refractivity contribution is 0.101. The first-order valence-electron chi connectivity index (χ1n) is 3.99. The first-order valence-corrected chi connectivity index (χ1v) is 4.37. The third-order valence-electron chi connectivity index (χ3n) is 1.83. The summed E-state index contributed by atoms with van der Waals surface area (Å²) < 4.78 is 0. The van der Waals surface area contributed by atoms with Gasteiger partial charge in [0.2, 0.25) is 0 Å². The molecule has 2 heteroatoms. The fourth-order valence-electron chi connectivity index (χ4n) is 1.24. The van der Waals surface area contributed by atoms with Crippen molar-refractivity contribution in [3.05, 3.63) is 40.9 Å². The van der Waals surface area contributed by atoms with Crippen molar-refractivity contribution in [1.29, 1.82) is 0 Å². The van der Waals surface area contributed by atoms with Crippen LogP contribution in [0.4, 0.5) is 0 Å². The Bertz CT molecular complexity index is 366. The molecule has 13 heavy (non-hydrogen) atoms. The number of hydrogen-bond donors (Lipinski definition) is 0. The third-order valence-corrected chi connectivity index (χ3v) is 2.14. The minimum Gasteiger partial charge on any atom is -0.294 e.